The van der Waals surface area contributed by atoms with E-state index in [0.29, 0.717) is 11.8 Å². The molecule has 4 rings (SSSR count). The minimum atomic E-state index is -0.0478. The maximum absolute atomic E-state index is 12.4. The second kappa shape index (κ2) is 9.01. The average molecular weight is 397 g/mol. The summed E-state index contributed by atoms with van der Waals surface area (Å²) in [6.07, 6.45) is 9.67. The maximum Gasteiger partial charge on any atom is 0.211 e. The fourth-order valence-electron chi connectivity index (χ4n) is 4.27. The Kier molecular flexibility index (Phi) is 6.23. The number of piperidine rings is 1. The molecule has 1 unspecified atom stereocenters. The van der Waals surface area contributed by atoms with Crippen molar-refractivity contribution in [2.24, 2.45) is 0 Å². The summed E-state index contributed by atoms with van der Waals surface area (Å²) in [5, 5.41) is 1.81. The number of methoxy groups -OCH3 is 1. The van der Waals surface area contributed by atoms with Crippen molar-refractivity contribution >= 4 is 17.5 Å². The molecule has 0 amide bonds. The van der Waals surface area contributed by atoms with E-state index in [1.165, 1.54) is 24.1 Å². The molecule has 28 heavy (non-hydrogen) atoms. The lowest BCUT2D eigenvalue weighted by Gasteiger charge is -2.41. The van der Waals surface area contributed by atoms with Crippen LogP contribution in [0.25, 0.3) is 0 Å². The van der Waals surface area contributed by atoms with Crippen LogP contribution in [0.15, 0.2) is 65.4 Å². The monoisotopic (exact) mass is 396 g/mol. The van der Waals surface area contributed by atoms with E-state index < -0.39 is 0 Å². The molecule has 4 nitrogen and oxygen atoms in total. The Morgan fingerprint density at radius 2 is 1.96 bits per heavy atom. The van der Waals surface area contributed by atoms with Gasteiger partial charge < -0.3 is 9.64 Å². The highest BCUT2D eigenvalue weighted by Gasteiger charge is 2.33. The first-order valence-corrected chi connectivity index (χ1v) is 11.0. The van der Waals surface area contributed by atoms with Gasteiger partial charge in [0, 0.05) is 49.7 Å². The van der Waals surface area contributed by atoms with Gasteiger partial charge in [-0.1, -0.05) is 42.5 Å². The summed E-state index contributed by atoms with van der Waals surface area (Å²) in [4.78, 5) is 17.5. The number of hydrogen-bond donors (Lipinski definition) is 0. The molecule has 0 radical (unpaired) electrons. The summed E-state index contributed by atoms with van der Waals surface area (Å²) in [5.74, 6) is 0.628. The zero-order valence-corrected chi connectivity index (χ0v) is 17.2. The lowest BCUT2D eigenvalue weighted by molar-refractivity contribution is -0.117. The number of likely N-dealkylation sites (tertiary alicyclic amines) is 1. The third-order valence-electron chi connectivity index (χ3n) is 5.83. The predicted molar refractivity (Wildman–Crippen MR) is 115 cm³/mol. The Morgan fingerprint density at radius 1 is 1.18 bits per heavy atom. The molecule has 0 N–H and O–H groups in total. The van der Waals surface area contributed by atoms with E-state index in [2.05, 4.69) is 58.4 Å². The summed E-state index contributed by atoms with van der Waals surface area (Å²) < 4.78 is 5.18. The lowest BCUT2D eigenvalue weighted by Crippen LogP contribution is -2.45. The van der Waals surface area contributed by atoms with Crippen LogP contribution in [0.1, 0.15) is 24.8 Å². The fraction of sp³-hybridized carbons (Fsp3) is 0.435. The third-order valence-corrected chi connectivity index (χ3v) is 6.89. The highest BCUT2D eigenvalue weighted by Crippen LogP contribution is 2.34. The normalized spacial score (nSPS) is 23.7. The minimum Gasteiger partial charge on any atom is -0.492 e. The zero-order valence-electron chi connectivity index (χ0n) is 16.4. The predicted octanol–water partition coefficient (Wildman–Crippen LogP) is 3.97. The molecule has 5 heteroatoms. The number of carbonyl (C=O) groups excluding carboxylic acids is 1. The molecular weight excluding hydrogens is 368 g/mol. The Labute approximate surface area is 171 Å². The van der Waals surface area contributed by atoms with Crippen molar-refractivity contribution in [2.75, 3.05) is 26.7 Å². The minimum absolute atomic E-state index is 0.0478. The van der Waals surface area contributed by atoms with E-state index >= 15 is 0 Å². The number of Topliss-reactive ketones (excluding diaryl/α,β-unsaturated/α-hetero) is 1. The van der Waals surface area contributed by atoms with E-state index in [1.54, 1.807) is 18.9 Å². The van der Waals surface area contributed by atoms with Crippen molar-refractivity contribution in [3.63, 3.8) is 0 Å². The molecule has 3 aliphatic rings. The molecule has 1 saturated heterocycles. The van der Waals surface area contributed by atoms with E-state index in [-0.39, 0.29) is 11.0 Å². The number of benzene rings is 1. The quantitative estimate of drug-likeness (QED) is 0.727. The van der Waals surface area contributed by atoms with Gasteiger partial charge in [0.05, 0.1) is 12.4 Å². The first-order valence-electron chi connectivity index (χ1n) is 10.1. The summed E-state index contributed by atoms with van der Waals surface area (Å²) in [5.41, 5.74) is 2.68. The van der Waals surface area contributed by atoms with Crippen LogP contribution in [0, 0.1) is 0 Å². The van der Waals surface area contributed by atoms with Crippen molar-refractivity contribution in [3.05, 3.63) is 71.0 Å². The smallest absolute Gasteiger partial charge is 0.211 e. The van der Waals surface area contributed by atoms with Gasteiger partial charge in [-0.3, -0.25) is 9.69 Å². The van der Waals surface area contributed by atoms with Crippen LogP contribution in [0.4, 0.5) is 0 Å². The summed E-state index contributed by atoms with van der Waals surface area (Å²) in [6, 6.07) is 11.3. The molecule has 3 aliphatic heterocycles. The summed E-state index contributed by atoms with van der Waals surface area (Å²) in [7, 11) is 1.57. The molecule has 0 aromatic heterocycles. The zero-order chi connectivity index (χ0) is 19.3. The molecule has 0 bridgehead atoms. The van der Waals surface area contributed by atoms with Crippen molar-refractivity contribution < 1.29 is 9.53 Å². The van der Waals surface area contributed by atoms with Crippen LogP contribution in [0.2, 0.25) is 0 Å². The SMILES string of the molecule is COC1=CSC(CC2=CC=CCN2C2CCN(Cc3ccccc3)CC2)C1=O. The fourth-order valence-corrected chi connectivity index (χ4v) is 5.28. The number of ketones is 1. The molecule has 148 valence electrons. The largest absolute Gasteiger partial charge is 0.492 e. The lowest BCUT2D eigenvalue weighted by atomic mass is 9.99. The van der Waals surface area contributed by atoms with E-state index in [1.807, 2.05) is 5.41 Å². The third kappa shape index (κ3) is 4.36. The maximum atomic E-state index is 12.4. The van der Waals surface area contributed by atoms with Crippen LogP contribution >= 0.6 is 11.8 Å². The number of thioether (sulfide) groups is 1. The average Bonchev–Trinajstić information content (AvgIpc) is 3.09. The van der Waals surface area contributed by atoms with Crippen molar-refractivity contribution in [3.8, 4) is 0 Å². The van der Waals surface area contributed by atoms with Gasteiger partial charge in [-0.2, -0.15) is 0 Å². The second-order valence-electron chi connectivity index (χ2n) is 7.61. The molecule has 0 saturated carbocycles. The van der Waals surface area contributed by atoms with Gasteiger partial charge >= 0.3 is 0 Å². The van der Waals surface area contributed by atoms with Crippen LogP contribution in [0.3, 0.4) is 0 Å². The van der Waals surface area contributed by atoms with Crippen LogP contribution in [-0.2, 0) is 16.1 Å². The molecule has 1 aromatic carbocycles. The molecule has 1 atom stereocenters. The van der Waals surface area contributed by atoms with Crippen molar-refractivity contribution in [1.29, 1.82) is 0 Å². The Balaban J connectivity index is 1.33. The Bertz CT molecular complexity index is 779. The number of nitrogens with zero attached hydrogens (tertiary/aromatic N) is 2. The number of hydrogen-bond acceptors (Lipinski definition) is 5. The van der Waals surface area contributed by atoms with Crippen LogP contribution < -0.4 is 0 Å². The van der Waals surface area contributed by atoms with E-state index in [9.17, 15) is 4.79 Å². The van der Waals surface area contributed by atoms with Gasteiger partial charge in [-0.05, 0) is 24.5 Å². The van der Waals surface area contributed by atoms with E-state index in [0.717, 1.165) is 32.6 Å². The summed E-state index contributed by atoms with van der Waals surface area (Å²) >= 11 is 1.59. The first-order chi connectivity index (χ1) is 13.7. The standard InChI is InChI=1S/C23H28N2O2S/c1-27-21-17-28-22(23(21)26)15-20-9-5-6-12-25(20)19-10-13-24(14-11-19)16-18-7-3-2-4-8-18/h2-9,17,19,22H,10-16H2,1H3. The Morgan fingerprint density at radius 3 is 2.68 bits per heavy atom. The number of rotatable bonds is 6. The van der Waals surface area contributed by atoms with Gasteiger partial charge in [-0.25, -0.2) is 0 Å². The first kappa shape index (κ1) is 19.3. The molecule has 0 aliphatic carbocycles. The van der Waals surface area contributed by atoms with Crippen LogP contribution in [0.5, 0.6) is 0 Å². The van der Waals surface area contributed by atoms with Crippen molar-refractivity contribution in [1.82, 2.24) is 9.80 Å². The van der Waals surface area contributed by atoms with Gasteiger partial charge in [0.25, 0.3) is 0 Å². The number of carbonyl (C=O) groups is 1. The molecule has 3 heterocycles. The van der Waals surface area contributed by atoms with E-state index in [4.69, 9.17) is 4.74 Å². The molecule has 1 aromatic rings. The van der Waals surface area contributed by atoms with Crippen molar-refractivity contribution in [2.45, 2.75) is 37.1 Å². The molecule has 0 spiro atoms. The Hall–Kier alpha value is -1.98. The highest BCUT2D eigenvalue weighted by molar-refractivity contribution is 8.04. The van der Waals surface area contributed by atoms with Gasteiger partial charge in [0.2, 0.25) is 5.78 Å². The van der Waals surface area contributed by atoms with Gasteiger partial charge in [-0.15, -0.1) is 11.8 Å². The summed E-state index contributed by atoms with van der Waals surface area (Å²) in [6.45, 7) is 4.24. The van der Waals surface area contributed by atoms with Gasteiger partial charge in [0.15, 0.2) is 5.76 Å². The second-order valence-corrected chi connectivity index (χ2v) is 8.69. The van der Waals surface area contributed by atoms with Crippen LogP contribution in [-0.4, -0.2) is 53.6 Å². The van der Waals surface area contributed by atoms with Gasteiger partial charge in [0.1, 0.15) is 0 Å². The topological polar surface area (TPSA) is 32.8 Å². The number of ether oxygens (including phenoxy) is 1. The highest BCUT2D eigenvalue weighted by atomic mass is 32.2. The molecule has 1 fully saturated rings. The number of allylic oxidation sites excluding steroid dienone is 4. The molecular formula is C23H28N2O2S.